The van der Waals surface area contributed by atoms with Crippen LogP contribution in [0.4, 0.5) is 5.69 Å². The fraction of sp³-hybridized carbons (Fsp3) is 0.200. The zero-order valence-corrected chi connectivity index (χ0v) is 8.39. The zero-order valence-electron chi connectivity index (χ0n) is 7.63. The summed E-state index contributed by atoms with van der Waals surface area (Å²) < 4.78 is 0. The summed E-state index contributed by atoms with van der Waals surface area (Å²) in [7, 11) is 3.96. The van der Waals surface area contributed by atoms with Gasteiger partial charge in [0.2, 0.25) is 0 Å². The highest BCUT2D eigenvalue weighted by molar-refractivity contribution is 6.37. The van der Waals surface area contributed by atoms with E-state index < -0.39 is 0 Å². The number of aromatic nitrogens is 1. The second kappa shape index (κ2) is 2.96. The average Bonchev–Trinajstić information content (AvgIpc) is 2.52. The zero-order chi connectivity index (χ0) is 9.42. The minimum absolute atomic E-state index is 0.785. The van der Waals surface area contributed by atoms with Gasteiger partial charge in [0, 0.05) is 25.7 Å². The highest BCUT2D eigenvalue weighted by Crippen LogP contribution is 2.31. The summed E-state index contributed by atoms with van der Waals surface area (Å²) in [5.74, 6) is 0. The molecule has 2 nitrogen and oxygen atoms in total. The van der Waals surface area contributed by atoms with Crippen LogP contribution in [-0.4, -0.2) is 19.1 Å². The summed E-state index contributed by atoms with van der Waals surface area (Å²) in [6.45, 7) is 0. The van der Waals surface area contributed by atoms with Gasteiger partial charge >= 0.3 is 0 Å². The number of fused-ring (bicyclic) bond motifs is 1. The van der Waals surface area contributed by atoms with Crippen molar-refractivity contribution in [2.24, 2.45) is 0 Å². The molecule has 0 aliphatic heterocycles. The lowest BCUT2D eigenvalue weighted by atomic mass is 10.2. The van der Waals surface area contributed by atoms with E-state index in [0.717, 1.165) is 21.6 Å². The van der Waals surface area contributed by atoms with Crippen LogP contribution >= 0.6 is 11.6 Å². The lowest BCUT2D eigenvalue weighted by molar-refractivity contribution is 1.13. The molecule has 1 heterocycles. The molecule has 0 atom stereocenters. The number of hydrogen-bond acceptors (Lipinski definition) is 1. The fourth-order valence-electron chi connectivity index (χ4n) is 1.43. The molecule has 0 aliphatic rings. The minimum Gasteiger partial charge on any atom is -0.376 e. The highest BCUT2D eigenvalue weighted by atomic mass is 35.5. The number of halogens is 1. The van der Waals surface area contributed by atoms with Gasteiger partial charge in [-0.15, -0.1) is 0 Å². The molecule has 0 unspecified atom stereocenters. The van der Waals surface area contributed by atoms with Crippen molar-refractivity contribution in [3.8, 4) is 0 Å². The molecule has 2 aromatic rings. The van der Waals surface area contributed by atoms with Crippen LogP contribution in [0.2, 0.25) is 5.02 Å². The Labute approximate surface area is 82.1 Å². The predicted octanol–water partition coefficient (Wildman–Crippen LogP) is 2.89. The average molecular weight is 195 g/mol. The number of rotatable bonds is 1. The standard InChI is InChI=1S/C10H11ClN2/c1-13(2)8-4-3-7-5-6-12-10(7)9(8)11/h3-6,12H,1-2H3. The number of aromatic amines is 1. The van der Waals surface area contributed by atoms with Crippen molar-refractivity contribution < 1.29 is 0 Å². The predicted molar refractivity (Wildman–Crippen MR) is 57.6 cm³/mol. The molecule has 0 radical (unpaired) electrons. The van der Waals surface area contributed by atoms with Crippen molar-refractivity contribution in [1.29, 1.82) is 0 Å². The van der Waals surface area contributed by atoms with Crippen molar-refractivity contribution in [3.05, 3.63) is 29.4 Å². The third-order valence-corrected chi connectivity index (χ3v) is 2.51. The van der Waals surface area contributed by atoms with Gasteiger partial charge < -0.3 is 9.88 Å². The van der Waals surface area contributed by atoms with Gasteiger partial charge in [-0.05, 0) is 12.1 Å². The van der Waals surface area contributed by atoms with Crippen LogP contribution in [0, 0.1) is 0 Å². The first kappa shape index (κ1) is 8.45. The maximum atomic E-state index is 6.21. The molecular weight excluding hydrogens is 184 g/mol. The molecular formula is C10H11ClN2. The van der Waals surface area contributed by atoms with E-state index >= 15 is 0 Å². The first-order chi connectivity index (χ1) is 6.20. The third-order valence-electron chi connectivity index (χ3n) is 2.13. The van der Waals surface area contributed by atoms with Gasteiger partial charge in [0.25, 0.3) is 0 Å². The Morgan fingerprint density at radius 2 is 2.00 bits per heavy atom. The number of benzene rings is 1. The molecule has 1 aromatic carbocycles. The van der Waals surface area contributed by atoms with E-state index in [2.05, 4.69) is 11.1 Å². The molecule has 0 aliphatic carbocycles. The second-order valence-corrected chi connectivity index (χ2v) is 3.61. The molecule has 2 rings (SSSR count). The monoisotopic (exact) mass is 194 g/mol. The van der Waals surface area contributed by atoms with E-state index in [1.807, 2.05) is 37.3 Å². The first-order valence-electron chi connectivity index (χ1n) is 4.13. The Kier molecular flexibility index (Phi) is 1.93. The summed E-state index contributed by atoms with van der Waals surface area (Å²) in [5, 5.41) is 1.93. The van der Waals surface area contributed by atoms with Crippen molar-refractivity contribution in [2.75, 3.05) is 19.0 Å². The molecule has 0 spiro atoms. The van der Waals surface area contributed by atoms with Gasteiger partial charge in [-0.1, -0.05) is 17.7 Å². The lowest BCUT2D eigenvalue weighted by Crippen LogP contribution is -2.08. The fourth-order valence-corrected chi connectivity index (χ4v) is 1.82. The van der Waals surface area contributed by atoms with E-state index in [4.69, 9.17) is 11.6 Å². The smallest absolute Gasteiger partial charge is 0.0880 e. The van der Waals surface area contributed by atoms with Crippen molar-refractivity contribution >= 4 is 28.2 Å². The van der Waals surface area contributed by atoms with Crippen LogP contribution in [-0.2, 0) is 0 Å². The number of hydrogen-bond donors (Lipinski definition) is 1. The van der Waals surface area contributed by atoms with E-state index in [1.165, 1.54) is 0 Å². The van der Waals surface area contributed by atoms with Crippen LogP contribution in [0.1, 0.15) is 0 Å². The Morgan fingerprint density at radius 1 is 1.23 bits per heavy atom. The Balaban J connectivity index is 2.73. The van der Waals surface area contributed by atoms with Crippen molar-refractivity contribution in [2.45, 2.75) is 0 Å². The largest absolute Gasteiger partial charge is 0.376 e. The van der Waals surface area contributed by atoms with E-state index in [-0.39, 0.29) is 0 Å². The first-order valence-corrected chi connectivity index (χ1v) is 4.51. The summed E-state index contributed by atoms with van der Waals surface area (Å²) in [4.78, 5) is 5.13. The van der Waals surface area contributed by atoms with Crippen LogP contribution < -0.4 is 4.90 Å². The van der Waals surface area contributed by atoms with Gasteiger partial charge in [0.1, 0.15) is 0 Å². The molecule has 13 heavy (non-hydrogen) atoms. The molecule has 0 saturated carbocycles. The van der Waals surface area contributed by atoms with Crippen molar-refractivity contribution in [1.82, 2.24) is 4.98 Å². The molecule has 3 heteroatoms. The summed E-state index contributed by atoms with van der Waals surface area (Å²) in [6, 6.07) is 6.10. The maximum absolute atomic E-state index is 6.21. The third kappa shape index (κ3) is 1.27. The van der Waals surface area contributed by atoms with E-state index in [0.29, 0.717) is 0 Å². The Hall–Kier alpha value is -1.15. The van der Waals surface area contributed by atoms with Crippen LogP contribution in [0.5, 0.6) is 0 Å². The van der Waals surface area contributed by atoms with Gasteiger partial charge in [0.15, 0.2) is 0 Å². The van der Waals surface area contributed by atoms with E-state index in [1.54, 1.807) is 0 Å². The second-order valence-electron chi connectivity index (χ2n) is 3.23. The Morgan fingerprint density at radius 3 is 2.69 bits per heavy atom. The number of nitrogens with one attached hydrogen (secondary N) is 1. The summed E-state index contributed by atoms with van der Waals surface area (Å²) >= 11 is 6.21. The molecule has 1 aromatic heterocycles. The molecule has 0 saturated heterocycles. The number of anilines is 1. The number of nitrogens with zero attached hydrogens (tertiary/aromatic N) is 1. The van der Waals surface area contributed by atoms with Gasteiger partial charge in [-0.3, -0.25) is 0 Å². The Bertz CT molecular complexity index is 431. The van der Waals surface area contributed by atoms with Gasteiger partial charge in [-0.2, -0.15) is 0 Å². The molecule has 0 bridgehead atoms. The molecule has 0 amide bonds. The van der Waals surface area contributed by atoms with Gasteiger partial charge in [0.05, 0.1) is 16.2 Å². The molecule has 0 fully saturated rings. The highest BCUT2D eigenvalue weighted by Gasteiger charge is 2.06. The number of H-pyrrole nitrogens is 1. The minimum atomic E-state index is 0.785. The molecule has 68 valence electrons. The van der Waals surface area contributed by atoms with E-state index in [9.17, 15) is 0 Å². The quantitative estimate of drug-likeness (QED) is 0.740. The van der Waals surface area contributed by atoms with Crippen LogP contribution in [0.15, 0.2) is 24.4 Å². The lowest BCUT2D eigenvalue weighted by Gasteiger charge is -2.14. The summed E-state index contributed by atoms with van der Waals surface area (Å²) in [6.07, 6.45) is 1.90. The normalized spacial score (nSPS) is 10.7. The van der Waals surface area contributed by atoms with Crippen LogP contribution in [0.3, 0.4) is 0 Å². The topological polar surface area (TPSA) is 19.0 Å². The van der Waals surface area contributed by atoms with Crippen molar-refractivity contribution in [3.63, 3.8) is 0 Å². The summed E-state index contributed by atoms with van der Waals surface area (Å²) in [5.41, 5.74) is 2.05. The maximum Gasteiger partial charge on any atom is 0.0880 e. The van der Waals surface area contributed by atoms with Crippen LogP contribution in [0.25, 0.3) is 10.9 Å². The van der Waals surface area contributed by atoms with Gasteiger partial charge in [-0.25, -0.2) is 0 Å². The molecule has 1 N–H and O–H groups in total. The SMILES string of the molecule is CN(C)c1ccc2cc[nH]c2c1Cl.